The first kappa shape index (κ1) is 11.9. The highest BCUT2D eigenvalue weighted by Crippen LogP contribution is 2.30. The highest BCUT2D eigenvalue weighted by molar-refractivity contribution is 5.49. The van der Waals surface area contributed by atoms with Crippen molar-refractivity contribution in [3.05, 3.63) is 35.9 Å². The number of hydrogen-bond donors (Lipinski definition) is 1. The highest BCUT2D eigenvalue weighted by atomic mass is 16.5. The Kier molecular flexibility index (Phi) is 2.92. The van der Waals surface area contributed by atoms with Crippen LogP contribution in [0.15, 0.2) is 24.3 Å². The smallest absolute Gasteiger partial charge is 0.175 e. The van der Waals surface area contributed by atoms with Gasteiger partial charge in [0.2, 0.25) is 0 Å². The minimum Gasteiger partial charge on any atom is -0.483 e. The number of para-hydroxylation sites is 2. The quantitative estimate of drug-likeness (QED) is 0.902. The third-order valence-electron chi connectivity index (χ3n) is 4.19. The van der Waals surface area contributed by atoms with Gasteiger partial charge in [-0.05, 0) is 44.0 Å². The molecule has 0 bridgehead atoms. The largest absolute Gasteiger partial charge is 0.483 e. The second-order valence-electron chi connectivity index (χ2n) is 5.52. The van der Waals surface area contributed by atoms with Crippen molar-refractivity contribution in [2.24, 2.45) is 5.92 Å². The summed E-state index contributed by atoms with van der Waals surface area (Å²) in [6.07, 6.45) is 3.45. The maximum absolute atomic E-state index is 5.72. The predicted octanol–water partition coefficient (Wildman–Crippen LogP) is 1.70. The summed E-state index contributed by atoms with van der Waals surface area (Å²) in [5, 5.41) is 12.1. The van der Waals surface area contributed by atoms with Gasteiger partial charge in [-0.2, -0.15) is 0 Å². The molecule has 1 saturated heterocycles. The highest BCUT2D eigenvalue weighted by Gasteiger charge is 2.24. The predicted molar refractivity (Wildman–Crippen MR) is 75.0 cm³/mol. The van der Waals surface area contributed by atoms with Crippen molar-refractivity contribution in [2.75, 3.05) is 13.1 Å². The van der Waals surface area contributed by atoms with Crippen LogP contribution in [-0.4, -0.2) is 27.9 Å². The molecule has 3 heterocycles. The molecular weight excluding hydrogens is 252 g/mol. The lowest BCUT2D eigenvalue weighted by Crippen LogP contribution is -2.29. The minimum absolute atomic E-state index is 0.510. The fraction of sp³-hybridized carbons (Fsp3) is 0.467. The van der Waals surface area contributed by atoms with Gasteiger partial charge in [0.15, 0.2) is 5.82 Å². The average Bonchev–Trinajstić information content (AvgIpc) is 2.92. The van der Waals surface area contributed by atoms with E-state index >= 15 is 0 Å². The van der Waals surface area contributed by atoms with Crippen LogP contribution in [0.2, 0.25) is 0 Å². The molecule has 4 rings (SSSR count). The Balaban J connectivity index is 1.68. The van der Waals surface area contributed by atoms with Crippen LogP contribution >= 0.6 is 0 Å². The van der Waals surface area contributed by atoms with Crippen LogP contribution in [0.5, 0.6) is 5.75 Å². The van der Waals surface area contributed by atoms with Crippen LogP contribution in [0, 0.1) is 5.92 Å². The molecule has 0 saturated carbocycles. The van der Waals surface area contributed by atoms with Gasteiger partial charge in [-0.15, -0.1) is 10.2 Å². The van der Waals surface area contributed by atoms with Gasteiger partial charge in [0, 0.05) is 6.42 Å². The van der Waals surface area contributed by atoms with Crippen LogP contribution in [0.3, 0.4) is 0 Å². The lowest BCUT2D eigenvalue weighted by molar-refractivity contribution is 0.277. The molecule has 20 heavy (non-hydrogen) atoms. The fourth-order valence-corrected chi connectivity index (χ4v) is 3.11. The second kappa shape index (κ2) is 4.90. The van der Waals surface area contributed by atoms with Crippen molar-refractivity contribution in [3.8, 4) is 11.4 Å². The van der Waals surface area contributed by atoms with E-state index < -0.39 is 0 Å². The summed E-state index contributed by atoms with van der Waals surface area (Å²) in [6.45, 7) is 2.74. The van der Waals surface area contributed by atoms with Gasteiger partial charge in [0.05, 0.1) is 5.69 Å². The first-order valence-corrected chi connectivity index (χ1v) is 7.28. The molecule has 5 nitrogen and oxygen atoms in total. The number of ether oxygens (including phenoxy) is 1. The van der Waals surface area contributed by atoms with Crippen molar-refractivity contribution in [1.82, 2.24) is 20.1 Å². The zero-order valence-corrected chi connectivity index (χ0v) is 11.4. The summed E-state index contributed by atoms with van der Waals surface area (Å²) in [5.41, 5.74) is 1.07. The Labute approximate surface area is 118 Å². The van der Waals surface area contributed by atoms with Crippen LogP contribution in [0.1, 0.15) is 24.5 Å². The minimum atomic E-state index is 0.510. The molecule has 1 N–H and O–H groups in total. The third-order valence-corrected chi connectivity index (χ3v) is 4.19. The van der Waals surface area contributed by atoms with Crippen molar-refractivity contribution in [1.29, 1.82) is 0 Å². The van der Waals surface area contributed by atoms with Crippen molar-refractivity contribution < 1.29 is 4.74 Å². The Morgan fingerprint density at radius 2 is 2.05 bits per heavy atom. The Bertz CT molecular complexity index is 616. The molecule has 104 valence electrons. The van der Waals surface area contributed by atoms with E-state index in [9.17, 15) is 0 Å². The second-order valence-corrected chi connectivity index (χ2v) is 5.52. The van der Waals surface area contributed by atoms with E-state index in [2.05, 4.69) is 26.1 Å². The zero-order chi connectivity index (χ0) is 13.4. The molecule has 1 fully saturated rings. The van der Waals surface area contributed by atoms with Gasteiger partial charge in [0.1, 0.15) is 18.2 Å². The molecule has 0 radical (unpaired) electrons. The summed E-state index contributed by atoms with van der Waals surface area (Å²) in [6, 6.07) is 8.12. The topological polar surface area (TPSA) is 52.0 Å². The van der Waals surface area contributed by atoms with Gasteiger partial charge in [-0.1, -0.05) is 12.1 Å². The van der Waals surface area contributed by atoms with Crippen molar-refractivity contribution in [2.45, 2.75) is 25.9 Å². The normalized spacial score (nSPS) is 18.2. The molecule has 2 aromatic rings. The van der Waals surface area contributed by atoms with E-state index in [4.69, 9.17) is 4.74 Å². The summed E-state index contributed by atoms with van der Waals surface area (Å²) in [5.74, 6) is 3.61. The number of benzene rings is 1. The lowest BCUT2D eigenvalue weighted by Gasteiger charge is -2.24. The molecule has 0 amide bonds. The molecule has 1 aromatic carbocycles. The summed E-state index contributed by atoms with van der Waals surface area (Å²) >= 11 is 0. The Hall–Kier alpha value is -1.88. The number of piperidine rings is 1. The van der Waals surface area contributed by atoms with E-state index in [1.807, 2.05) is 18.2 Å². The van der Waals surface area contributed by atoms with Gasteiger partial charge >= 0.3 is 0 Å². The molecule has 5 heteroatoms. The first-order valence-electron chi connectivity index (χ1n) is 7.28. The summed E-state index contributed by atoms with van der Waals surface area (Å²) in [4.78, 5) is 0. The third kappa shape index (κ3) is 1.98. The number of hydrogen-bond acceptors (Lipinski definition) is 4. The number of rotatable bonds is 2. The fourth-order valence-electron chi connectivity index (χ4n) is 3.11. The Morgan fingerprint density at radius 1 is 1.20 bits per heavy atom. The SMILES string of the molecule is c1ccc2c(c1)OCc1nnc(CC3CCNCC3)n1-2. The maximum Gasteiger partial charge on any atom is 0.175 e. The molecular formula is C15H18N4O. The zero-order valence-electron chi connectivity index (χ0n) is 11.4. The first-order chi connectivity index (χ1) is 9.92. The number of nitrogens with zero attached hydrogens (tertiary/aromatic N) is 3. The summed E-state index contributed by atoms with van der Waals surface area (Å²) < 4.78 is 7.90. The Morgan fingerprint density at radius 3 is 2.95 bits per heavy atom. The van der Waals surface area contributed by atoms with E-state index in [-0.39, 0.29) is 0 Å². The van der Waals surface area contributed by atoms with Crippen molar-refractivity contribution in [3.63, 3.8) is 0 Å². The van der Waals surface area contributed by atoms with E-state index in [1.54, 1.807) is 0 Å². The van der Waals surface area contributed by atoms with Crippen LogP contribution in [-0.2, 0) is 13.0 Å². The van der Waals surface area contributed by atoms with Crippen LogP contribution < -0.4 is 10.1 Å². The summed E-state index contributed by atoms with van der Waals surface area (Å²) in [7, 11) is 0. The number of fused-ring (bicyclic) bond motifs is 3. The molecule has 1 aromatic heterocycles. The average molecular weight is 270 g/mol. The molecule has 0 unspecified atom stereocenters. The van der Waals surface area contributed by atoms with E-state index in [0.717, 1.165) is 42.6 Å². The van der Waals surface area contributed by atoms with Crippen LogP contribution in [0.25, 0.3) is 5.69 Å². The van der Waals surface area contributed by atoms with Gasteiger partial charge < -0.3 is 10.1 Å². The lowest BCUT2D eigenvalue weighted by atomic mass is 9.94. The molecule has 2 aliphatic heterocycles. The molecule has 0 spiro atoms. The molecule has 0 aliphatic carbocycles. The van der Waals surface area contributed by atoms with Gasteiger partial charge in [-0.3, -0.25) is 4.57 Å². The molecule has 2 aliphatic rings. The van der Waals surface area contributed by atoms with Crippen molar-refractivity contribution >= 4 is 0 Å². The van der Waals surface area contributed by atoms with E-state index in [1.165, 1.54) is 12.8 Å². The van der Waals surface area contributed by atoms with E-state index in [0.29, 0.717) is 12.5 Å². The molecule has 0 atom stereocenters. The number of nitrogens with one attached hydrogen (secondary N) is 1. The van der Waals surface area contributed by atoms with Gasteiger partial charge in [-0.25, -0.2) is 0 Å². The monoisotopic (exact) mass is 270 g/mol. The number of aromatic nitrogens is 3. The van der Waals surface area contributed by atoms with Crippen LogP contribution in [0.4, 0.5) is 0 Å². The standard InChI is InChI=1S/C15H18N4O/c1-2-4-13-12(3-1)19-14(17-18-15(19)10-20-13)9-11-5-7-16-8-6-11/h1-4,11,16H,5-10H2. The van der Waals surface area contributed by atoms with Gasteiger partial charge in [0.25, 0.3) is 0 Å². The maximum atomic E-state index is 5.72.